The SMILES string of the molecule is O=C1CCC(=O)N[C@H](CCc2ccccc2)C(=O)N[C@@H](Cc2ccc(-c3ccccc3)cc2)C(=O)N[C@H](Cc2ccccc2)C(=O)C[C@H](C(=O)N[C@@H](Cc2ccccc2)C(=O)O)Cc2ccc(cc2)N1. The van der Waals surface area contributed by atoms with Gasteiger partial charge in [0.05, 0.1) is 6.04 Å². The zero-order valence-electron chi connectivity index (χ0n) is 38.7. The van der Waals surface area contributed by atoms with Gasteiger partial charge in [-0.05, 0) is 76.8 Å². The molecule has 0 saturated heterocycles. The van der Waals surface area contributed by atoms with Crippen molar-refractivity contribution in [2.45, 2.75) is 82.0 Å². The second kappa shape index (κ2) is 24.7. The molecule has 0 aromatic heterocycles. The number of carbonyl (C=O) groups is 7. The summed E-state index contributed by atoms with van der Waals surface area (Å²) < 4.78 is 0. The van der Waals surface area contributed by atoms with Gasteiger partial charge in [0.25, 0.3) is 0 Å². The van der Waals surface area contributed by atoms with Crippen molar-refractivity contribution in [3.8, 4) is 11.1 Å². The summed E-state index contributed by atoms with van der Waals surface area (Å²) in [6, 6.07) is 46.6. The van der Waals surface area contributed by atoms with Crippen molar-refractivity contribution in [1.29, 1.82) is 0 Å². The van der Waals surface area contributed by atoms with Crippen LogP contribution < -0.4 is 26.6 Å². The summed E-state index contributed by atoms with van der Waals surface area (Å²) in [5.74, 6) is -5.78. The minimum atomic E-state index is -1.31. The maximum Gasteiger partial charge on any atom is 0.326 e. The molecule has 0 radical (unpaired) electrons. The third-order valence-corrected chi connectivity index (χ3v) is 12.4. The Kier molecular flexibility index (Phi) is 17.6. The van der Waals surface area contributed by atoms with E-state index in [0.717, 1.165) is 22.3 Å². The Morgan fingerprint density at radius 2 is 1.04 bits per heavy atom. The van der Waals surface area contributed by atoms with Gasteiger partial charge in [0.1, 0.15) is 18.1 Å². The van der Waals surface area contributed by atoms with Crippen LogP contribution in [0.15, 0.2) is 170 Å². The molecule has 6 aromatic carbocycles. The molecule has 2 aliphatic heterocycles. The number of nitrogens with one attached hydrogen (secondary N) is 5. The molecule has 0 fully saturated rings. The quantitative estimate of drug-likeness (QED) is 0.0697. The van der Waals surface area contributed by atoms with Crippen LogP contribution in [0.5, 0.6) is 0 Å². The molecule has 70 heavy (non-hydrogen) atoms. The lowest BCUT2D eigenvalue weighted by atomic mass is 9.89. The number of hydrogen-bond donors (Lipinski definition) is 6. The topological polar surface area (TPSA) is 200 Å². The van der Waals surface area contributed by atoms with Crippen molar-refractivity contribution in [2.24, 2.45) is 5.92 Å². The third kappa shape index (κ3) is 14.9. The highest BCUT2D eigenvalue weighted by molar-refractivity contribution is 5.97. The number of carboxylic acids is 1. The lowest BCUT2D eigenvalue weighted by Crippen LogP contribution is -2.57. The van der Waals surface area contributed by atoms with Crippen LogP contribution in [0.3, 0.4) is 0 Å². The van der Waals surface area contributed by atoms with Crippen molar-refractivity contribution in [2.75, 3.05) is 5.32 Å². The van der Waals surface area contributed by atoms with E-state index in [1.807, 2.05) is 115 Å². The van der Waals surface area contributed by atoms with Gasteiger partial charge in [-0.2, -0.15) is 0 Å². The van der Waals surface area contributed by atoms with Crippen molar-refractivity contribution in [3.63, 3.8) is 0 Å². The van der Waals surface area contributed by atoms with E-state index in [1.165, 1.54) is 0 Å². The Hall–Kier alpha value is -8.19. The number of Topliss-reactive ketones (excluding diaryl/α,β-unsaturated/α-hetero) is 1. The third-order valence-electron chi connectivity index (χ3n) is 12.4. The Labute approximate surface area is 407 Å². The Morgan fingerprint density at radius 1 is 0.529 bits per heavy atom. The predicted octanol–water partition coefficient (Wildman–Crippen LogP) is 6.59. The van der Waals surface area contributed by atoms with E-state index in [1.54, 1.807) is 54.6 Å². The number of carbonyl (C=O) groups excluding carboxylic acids is 6. The first-order valence-corrected chi connectivity index (χ1v) is 23.6. The number of carboxylic acid groups (broad SMARTS) is 1. The fourth-order valence-corrected chi connectivity index (χ4v) is 8.48. The van der Waals surface area contributed by atoms with E-state index in [0.29, 0.717) is 28.8 Å². The van der Waals surface area contributed by atoms with E-state index in [4.69, 9.17) is 0 Å². The molecule has 5 atom stereocenters. The molecule has 358 valence electrons. The van der Waals surface area contributed by atoms with E-state index in [9.17, 15) is 38.7 Å². The van der Waals surface area contributed by atoms with Gasteiger partial charge in [-0.1, -0.05) is 158 Å². The number of benzene rings is 6. The highest BCUT2D eigenvalue weighted by Crippen LogP contribution is 2.22. The zero-order valence-corrected chi connectivity index (χ0v) is 38.7. The van der Waals surface area contributed by atoms with Crippen molar-refractivity contribution in [3.05, 3.63) is 198 Å². The number of anilines is 1. The molecular weight excluding hydrogens is 883 g/mol. The van der Waals surface area contributed by atoms with Crippen LogP contribution in [0.2, 0.25) is 0 Å². The molecule has 5 amide bonds. The van der Waals surface area contributed by atoms with Gasteiger partial charge in [-0.15, -0.1) is 0 Å². The Balaban J connectivity index is 1.23. The van der Waals surface area contributed by atoms with Crippen LogP contribution >= 0.6 is 0 Å². The van der Waals surface area contributed by atoms with E-state index < -0.39 is 71.4 Å². The summed E-state index contributed by atoms with van der Waals surface area (Å²) in [5, 5.41) is 24.4. The summed E-state index contributed by atoms with van der Waals surface area (Å²) in [5.41, 5.74) is 6.04. The molecular formula is C57H57N5O8. The van der Waals surface area contributed by atoms with Gasteiger partial charge in [-0.3, -0.25) is 28.8 Å². The summed E-state index contributed by atoms with van der Waals surface area (Å²) in [4.78, 5) is 97.6. The number of rotatable bonds is 13. The minimum absolute atomic E-state index is 0.0000152. The van der Waals surface area contributed by atoms with E-state index >= 15 is 0 Å². The van der Waals surface area contributed by atoms with Crippen molar-refractivity contribution < 1.29 is 38.7 Å². The predicted molar refractivity (Wildman–Crippen MR) is 267 cm³/mol. The van der Waals surface area contributed by atoms with Gasteiger partial charge in [0.15, 0.2) is 5.78 Å². The standard InChI is InChI=1S/C57H57N5O8/c63-51-37-45(54(66)62-50(57(69)70)36-40-17-9-3-10-18-40)33-41-23-28-46(29-24-41)58-52(64)31-32-53(65)59-47(30-25-38-13-5-1-6-14-38)55(67)61-49(56(68)60-48(51)34-39-15-7-2-8-16-39)35-42-21-26-44(27-22-42)43-19-11-4-12-20-43/h1-24,26-29,45,47-50H,25,30-37H2,(H,58,64)(H,59,65)(H,60,68)(H,61,67)(H,62,66)(H,69,70)/t45-,47-,48-,49+,50+/m1/s1. The van der Waals surface area contributed by atoms with Gasteiger partial charge < -0.3 is 31.7 Å². The molecule has 0 unspecified atom stereocenters. The molecule has 13 nitrogen and oxygen atoms in total. The smallest absolute Gasteiger partial charge is 0.326 e. The van der Waals surface area contributed by atoms with Gasteiger partial charge >= 0.3 is 5.97 Å². The van der Waals surface area contributed by atoms with Gasteiger partial charge in [-0.25, -0.2) is 4.79 Å². The highest BCUT2D eigenvalue weighted by Gasteiger charge is 2.34. The lowest BCUT2D eigenvalue weighted by molar-refractivity contribution is -0.142. The van der Waals surface area contributed by atoms with Crippen LogP contribution in [-0.4, -0.2) is 70.6 Å². The zero-order chi connectivity index (χ0) is 49.2. The number of fused-ring (bicyclic) bond motifs is 18. The number of aryl methyl sites for hydroxylation is 1. The number of aliphatic carboxylic acids is 1. The molecule has 0 saturated carbocycles. The maximum absolute atomic E-state index is 14.8. The lowest BCUT2D eigenvalue weighted by Gasteiger charge is -2.27. The largest absolute Gasteiger partial charge is 0.480 e. The Bertz CT molecular complexity index is 2720. The minimum Gasteiger partial charge on any atom is -0.480 e. The van der Waals surface area contributed by atoms with Gasteiger partial charge in [0, 0.05) is 43.7 Å². The van der Waals surface area contributed by atoms with Crippen LogP contribution in [-0.2, 0) is 65.7 Å². The van der Waals surface area contributed by atoms with Crippen molar-refractivity contribution in [1.82, 2.24) is 21.3 Å². The van der Waals surface area contributed by atoms with Crippen LogP contribution in [0.4, 0.5) is 5.69 Å². The number of ketones is 1. The monoisotopic (exact) mass is 939 g/mol. The molecule has 8 rings (SSSR count). The molecule has 0 aliphatic carbocycles. The first-order valence-electron chi connectivity index (χ1n) is 23.6. The second-order valence-electron chi connectivity index (χ2n) is 17.6. The number of amides is 5. The van der Waals surface area contributed by atoms with Crippen LogP contribution in [0.25, 0.3) is 11.1 Å². The summed E-state index contributed by atoms with van der Waals surface area (Å²) >= 11 is 0. The molecule has 6 N–H and O–H groups in total. The first-order chi connectivity index (χ1) is 33.9. The molecule has 6 aromatic rings. The molecule has 2 aliphatic rings. The highest BCUT2D eigenvalue weighted by atomic mass is 16.4. The normalized spacial score (nSPS) is 18.8. The number of hydrogen-bond acceptors (Lipinski definition) is 7. The Morgan fingerprint density at radius 3 is 1.67 bits per heavy atom. The summed E-state index contributed by atoms with van der Waals surface area (Å²) in [6.45, 7) is 0. The first kappa shape index (κ1) is 49.7. The molecule has 2 heterocycles. The molecule has 0 spiro atoms. The average molecular weight is 940 g/mol. The summed E-state index contributed by atoms with van der Waals surface area (Å²) in [7, 11) is 0. The fourth-order valence-electron chi connectivity index (χ4n) is 8.48. The fraction of sp³-hybridized carbons (Fsp3) is 0.246. The van der Waals surface area contributed by atoms with E-state index in [2.05, 4.69) is 26.6 Å². The summed E-state index contributed by atoms with van der Waals surface area (Å²) in [6.07, 6.45) is -0.144. The van der Waals surface area contributed by atoms with E-state index in [-0.39, 0.29) is 51.4 Å². The molecule has 2 bridgehead atoms. The second-order valence-corrected chi connectivity index (χ2v) is 17.6. The van der Waals surface area contributed by atoms with Crippen molar-refractivity contribution >= 4 is 47.0 Å². The van der Waals surface area contributed by atoms with Crippen LogP contribution in [0.1, 0.15) is 53.5 Å². The molecule has 13 heteroatoms. The van der Waals surface area contributed by atoms with Crippen LogP contribution in [0, 0.1) is 5.92 Å². The van der Waals surface area contributed by atoms with Gasteiger partial charge in [0.2, 0.25) is 29.5 Å². The average Bonchev–Trinajstić information content (AvgIpc) is 3.37. The maximum atomic E-state index is 14.8.